The molecule has 2 heteroatoms. The van der Waals surface area contributed by atoms with Crippen LogP contribution in [0.2, 0.25) is 0 Å². The molecule has 0 aromatic carbocycles. The van der Waals surface area contributed by atoms with Crippen LogP contribution in [0, 0.1) is 5.92 Å². The zero-order valence-corrected chi connectivity index (χ0v) is 8.58. The lowest BCUT2D eigenvalue weighted by molar-refractivity contribution is 0.358. The number of aromatic nitrogens is 1. The fourth-order valence-electron chi connectivity index (χ4n) is 2.09. The number of aryl methyl sites for hydroxylation is 1. The number of nitrogens with one attached hydrogen (secondary N) is 1. The predicted molar refractivity (Wildman–Crippen MR) is 58.2 cm³/mol. The summed E-state index contributed by atoms with van der Waals surface area (Å²) in [5.41, 5.74) is 1.42. The fourth-order valence-corrected chi connectivity index (χ4v) is 2.09. The van der Waals surface area contributed by atoms with E-state index in [1.807, 2.05) is 12.4 Å². The van der Waals surface area contributed by atoms with Crippen LogP contribution < -0.4 is 5.32 Å². The van der Waals surface area contributed by atoms with E-state index >= 15 is 0 Å². The topological polar surface area (TPSA) is 24.9 Å². The van der Waals surface area contributed by atoms with Crippen molar-refractivity contribution in [2.75, 3.05) is 13.1 Å². The molecule has 1 atom stereocenters. The molecular formula is C12H18N2. The molecule has 1 aliphatic rings. The summed E-state index contributed by atoms with van der Waals surface area (Å²) < 4.78 is 0. The molecule has 0 saturated carbocycles. The van der Waals surface area contributed by atoms with Gasteiger partial charge in [0.15, 0.2) is 0 Å². The standard InChI is InChI=1S/C12H18N2/c1-2-12(10-14-7-1)4-3-11-5-8-13-9-6-11/h5-6,8-9,12,14H,1-4,7,10H2. The maximum absolute atomic E-state index is 4.03. The highest BCUT2D eigenvalue weighted by Gasteiger charge is 2.12. The third-order valence-electron chi connectivity index (χ3n) is 2.99. The Morgan fingerprint density at radius 3 is 2.93 bits per heavy atom. The lowest BCUT2D eigenvalue weighted by Gasteiger charge is -2.22. The van der Waals surface area contributed by atoms with E-state index in [2.05, 4.69) is 22.4 Å². The van der Waals surface area contributed by atoms with E-state index < -0.39 is 0 Å². The van der Waals surface area contributed by atoms with Gasteiger partial charge in [-0.2, -0.15) is 0 Å². The second kappa shape index (κ2) is 5.11. The third-order valence-corrected chi connectivity index (χ3v) is 2.99. The van der Waals surface area contributed by atoms with E-state index in [1.165, 1.54) is 44.3 Å². The van der Waals surface area contributed by atoms with Crippen LogP contribution in [-0.4, -0.2) is 18.1 Å². The van der Waals surface area contributed by atoms with Gasteiger partial charge < -0.3 is 5.32 Å². The van der Waals surface area contributed by atoms with Gasteiger partial charge in [0.1, 0.15) is 0 Å². The number of rotatable bonds is 3. The van der Waals surface area contributed by atoms with Gasteiger partial charge in [0.2, 0.25) is 0 Å². The van der Waals surface area contributed by atoms with Crippen molar-refractivity contribution in [3.8, 4) is 0 Å². The molecule has 1 aromatic rings. The van der Waals surface area contributed by atoms with Crippen LogP contribution >= 0.6 is 0 Å². The summed E-state index contributed by atoms with van der Waals surface area (Å²) in [6.07, 6.45) is 9.04. The smallest absolute Gasteiger partial charge is 0.0270 e. The molecule has 0 bridgehead atoms. The van der Waals surface area contributed by atoms with Crippen molar-refractivity contribution in [3.63, 3.8) is 0 Å². The van der Waals surface area contributed by atoms with Crippen LogP contribution in [0.1, 0.15) is 24.8 Å². The number of pyridine rings is 1. The van der Waals surface area contributed by atoms with E-state index in [4.69, 9.17) is 0 Å². The van der Waals surface area contributed by atoms with Gasteiger partial charge in [0, 0.05) is 12.4 Å². The minimum absolute atomic E-state index is 0.886. The quantitative estimate of drug-likeness (QED) is 0.788. The van der Waals surface area contributed by atoms with Gasteiger partial charge >= 0.3 is 0 Å². The Kier molecular flexibility index (Phi) is 3.52. The molecule has 0 amide bonds. The van der Waals surface area contributed by atoms with Gasteiger partial charge in [0.25, 0.3) is 0 Å². The van der Waals surface area contributed by atoms with Gasteiger partial charge in [-0.15, -0.1) is 0 Å². The molecule has 2 heterocycles. The van der Waals surface area contributed by atoms with Crippen molar-refractivity contribution in [1.82, 2.24) is 10.3 Å². The summed E-state index contributed by atoms with van der Waals surface area (Å²) in [6.45, 7) is 2.43. The Bertz CT molecular complexity index is 252. The second-order valence-corrected chi connectivity index (χ2v) is 4.11. The zero-order valence-electron chi connectivity index (χ0n) is 8.58. The lowest BCUT2D eigenvalue weighted by Crippen LogP contribution is -2.29. The first-order valence-corrected chi connectivity index (χ1v) is 5.55. The summed E-state index contributed by atoms with van der Waals surface area (Å²) in [4.78, 5) is 4.03. The molecule has 1 fully saturated rings. The summed E-state index contributed by atoms with van der Waals surface area (Å²) in [6, 6.07) is 4.24. The van der Waals surface area contributed by atoms with Gasteiger partial charge in [-0.1, -0.05) is 0 Å². The van der Waals surface area contributed by atoms with Gasteiger partial charge in [-0.05, 0) is 62.4 Å². The van der Waals surface area contributed by atoms with Crippen LogP contribution in [-0.2, 0) is 6.42 Å². The summed E-state index contributed by atoms with van der Waals surface area (Å²) >= 11 is 0. The number of nitrogens with zero attached hydrogens (tertiary/aromatic N) is 1. The molecule has 0 aliphatic carbocycles. The lowest BCUT2D eigenvalue weighted by atomic mass is 9.93. The summed E-state index contributed by atoms with van der Waals surface area (Å²) in [5, 5.41) is 3.46. The fraction of sp³-hybridized carbons (Fsp3) is 0.583. The highest BCUT2D eigenvalue weighted by molar-refractivity contribution is 5.09. The van der Waals surface area contributed by atoms with E-state index in [1.54, 1.807) is 0 Å². The van der Waals surface area contributed by atoms with E-state index in [0.29, 0.717) is 0 Å². The molecule has 14 heavy (non-hydrogen) atoms. The Morgan fingerprint density at radius 2 is 2.21 bits per heavy atom. The van der Waals surface area contributed by atoms with Crippen molar-refractivity contribution in [3.05, 3.63) is 30.1 Å². The van der Waals surface area contributed by atoms with Crippen LogP contribution in [0.3, 0.4) is 0 Å². The minimum Gasteiger partial charge on any atom is -0.316 e. The maximum atomic E-state index is 4.03. The molecule has 1 aromatic heterocycles. The molecular weight excluding hydrogens is 172 g/mol. The van der Waals surface area contributed by atoms with Gasteiger partial charge in [-0.3, -0.25) is 4.98 Å². The Labute approximate surface area is 85.7 Å². The minimum atomic E-state index is 0.886. The highest BCUT2D eigenvalue weighted by Crippen LogP contribution is 2.16. The molecule has 1 N–H and O–H groups in total. The molecule has 1 aliphatic heterocycles. The van der Waals surface area contributed by atoms with Crippen LogP contribution in [0.15, 0.2) is 24.5 Å². The number of hydrogen-bond acceptors (Lipinski definition) is 2. The highest BCUT2D eigenvalue weighted by atomic mass is 14.9. The van der Waals surface area contributed by atoms with E-state index in [-0.39, 0.29) is 0 Å². The summed E-state index contributed by atoms with van der Waals surface area (Å²) in [5.74, 6) is 0.886. The molecule has 76 valence electrons. The predicted octanol–water partition coefficient (Wildman–Crippen LogP) is 2.01. The Balaban J connectivity index is 1.76. The summed E-state index contributed by atoms with van der Waals surface area (Å²) in [7, 11) is 0. The van der Waals surface area contributed by atoms with Crippen molar-refractivity contribution in [2.45, 2.75) is 25.7 Å². The number of hydrogen-bond donors (Lipinski definition) is 1. The molecule has 0 radical (unpaired) electrons. The largest absolute Gasteiger partial charge is 0.316 e. The zero-order chi connectivity index (χ0) is 9.64. The van der Waals surface area contributed by atoms with Crippen molar-refractivity contribution in [2.24, 2.45) is 5.92 Å². The normalized spacial score (nSPS) is 22.1. The van der Waals surface area contributed by atoms with Crippen molar-refractivity contribution < 1.29 is 0 Å². The first-order chi connectivity index (χ1) is 6.95. The van der Waals surface area contributed by atoms with Gasteiger partial charge in [0.05, 0.1) is 0 Å². The van der Waals surface area contributed by atoms with Crippen LogP contribution in [0.4, 0.5) is 0 Å². The molecule has 1 unspecified atom stereocenters. The van der Waals surface area contributed by atoms with Crippen LogP contribution in [0.5, 0.6) is 0 Å². The van der Waals surface area contributed by atoms with Crippen LogP contribution in [0.25, 0.3) is 0 Å². The molecule has 2 rings (SSSR count). The van der Waals surface area contributed by atoms with Crippen molar-refractivity contribution >= 4 is 0 Å². The second-order valence-electron chi connectivity index (χ2n) is 4.11. The maximum Gasteiger partial charge on any atom is 0.0270 e. The average Bonchev–Trinajstić information content (AvgIpc) is 2.29. The molecule has 0 spiro atoms. The van der Waals surface area contributed by atoms with E-state index in [9.17, 15) is 0 Å². The SMILES string of the molecule is c1cc(CCC2CCCNC2)ccn1. The third kappa shape index (κ3) is 2.81. The Morgan fingerprint density at radius 1 is 1.36 bits per heavy atom. The van der Waals surface area contributed by atoms with Gasteiger partial charge in [-0.25, -0.2) is 0 Å². The first-order valence-electron chi connectivity index (χ1n) is 5.55. The first kappa shape index (κ1) is 9.66. The average molecular weight is 190 g/mol. The molecule has 1 saturated heterocycles. The van der Waals surface area contributed by atoms with E-state index in [0.717, 1.165) is 5.92 Å². The number of piperidine rings is 1. The monoisotopic (exact) mass is 190 g/mol. The Hall–Kier alpha value is -0.890. The van der Waals surface area contributed by atoms with Crippen molar-refractivity contribution in [1.29, 1.82) is 0 Å². The molecule has 2 nitrogen and oxygen atoms in total.